The maximum atomic E-state index is 4.43. The maximum absolute atomic E-state index is 4.43. The Bertz CT molecular complexity index is 394. The molecule has 2 heteroatoms. The fourth-order valence-electron chi connectivity index (χ4n) is 1.12. The summed E-state index contributed by atoms with van der Waals surface area (Å²) in [7, 11) is 0. The van der Waals surface area contributed by atoms with Crippen LogP contribution in [-0.2, 0) is 0 Å². The van der Waals surface area contributed by atoms with Crippen molar-refractivity contribution in [2.75, 3.05) is 0 Å². The van der Waals surface area contributed by atoms with E-state index in [1.54, 1.807) is 0 Å². The number of nitrogens with zero attached hydrogens (tertiary/aromatic N) is 1. The summed E-state index contributed by atoms with van der Waals surface area (Å²) < 4.78 is 2.70. The molecule has 0 saturated heterocycles. The number of aryl methyl sites for hydroxylation is 1. The molecule has 0 aliphatic carbocycles. The molecule has 0 saturated carbocycles. The van der Waals surface area contributed by atoms with E-state index < -0.39 is 0 Å². The van der Waals surface area contributed by atoms with Gasteiger partial charge in [-0.15, -0.1) is 0 Å². The quantitative estimate of drug-likeness (QED) is 0.755. The molecule has 0 bridgehead atoms. The number of aromatic nitrogens is 1. The zero-order chi connectivity index (χ0) is 9.80. The summed E-state index contributed by atoms with van der Waals surface area (Å²) in [4.78, 5) is 4.43. The molecule has 14 heavy (non-hydrogen) atoms. The Balaban J connectivity index is 2.16. The van der Waals surface area contributed by atoms with Crippen molar-refractivity contribution in [1.29, 1.82) is 0 Å². The van der Waals surface area contributed by atoms with E-state index in [-0.39, 0.29) is 20.9 Å². The molecule has 2 rings (SSSR count). The molecule has 0 spiro atoms. The van der Waals surface area contributed by atoms with E-state index in [2.05, 4.69) is 54.4 Å². The van der Waals surface area contributed by atoms with Gasteiger partial charge in [-0.25, -0.2) is 0 Å². The van der Waals surface area contributed by atoms with Crippen LogP contribution in [0, 0.1) is 6.92 Å². The molecule has 70 valence electrons. The van der Waals surface area contributed by atoms with Crippen LogP contribution in [0.5, 0.6) is 0 Å². The summed E-state index contributed by atoms with van der Waals surface area (Å²) >= 11 is -0.279. The summed E-state index contributed by atoms with van der Waals surface area (Å²) in [5.74, 6) is 0. The van der Waals surface area contributed by atoms with Crippen LogP contribution in [0.1, 0.15) is 5.56 Å². The second kappa shape index (κ2) is 4.59. The predicted molar refractivity (Wildman–Crippen MR) is 60.4 cm³/mol. The molecule has 1 heterocycles. The van der Waals surface area contributed by atoms with Gasteiger partial charge in [-0.05, 0) is 0 Å². The molecule has 0 aliphatic rings. The van der Waals surface area contributed by atoms with Crippen molar-refractivity contribution in [2.45, 2.75) is 6.92 Å². The first-order valence-electron chi connectivity index (χ1n) is 4.50. The molecule has 0 unspecified atom stereocenters. The Kier molecular flexibility index (Phi) is 3.18. The summed E-state index contributed by atoms with van der Waals surface area (Å²) in [6.07, 6.45) is 1.95. The van der Waals surface area contributed by atoms with E-state index in [1.807, 2.05) is 6.20 Å². The Morgan fingerprint density at radius 1 is 1.00 bits per heavy atom. The van der Waals surface area contributed by atoms with Gasteiger partial charge in [0.2, 0.25) is 0 Å². The van der Waals surface area contributed by atoms with Crippen LogP contribution >= 0.6 is 0 Å². The molecular formula is C12H11NTe. The molecule has 0 N–H and O–H groups in total. The van der Waals surface area contributed by atoms with Gasteiger partial charge in [-0.3, -0.25) is 0 Å². The third-order valence-corrected chi connectivity index (χ3v) is 4.59. The van der Waals surface area contributed by atoms with E-state index in [9.17, 15) is 0 Å². The SMILES string of the molecule is Cc1ccc([Te]c2ccccc2)nc1. The molecule has 0 fully saturated rings. The third-order valence-electron chi connectivity index (χ3n) is 1.85. The van der Waals surface area contributed by atoms with Crippen LogP contribution in [0.2, 0.25) is 0 Å². The average Bonchev–Trinajstić information content (AvgIpc) is 2.23. The van der Waals surface area contributed by atoms with Crippen molar-refractivity contribution in [3.05, 3.63) is 54.2 Å². The van der Waals surface area contributed by atoms with Gasteiger partial charge >= 0.3 is 94.4 Å². The summed E-state index contributed by atoms with van der Waals surface area (Å²) in [6.45, 7) is 2.07. The van der Waals surface area contributed by atoms with E-state index in [1.165, 1.54) is 12.9 Å². The van der Waals surface area contributed by atoms with Crippen molar-refractivity contribution in [1.82, 2.24) is 4.98 Å². The van der Waals surface area contributed by atoms with Crippen LogP contribution in [0.25, 0.3) is 0 Å². The van der Waals surface area contributed by atoms with Crippen molar-refractivity contribution in [3.8, 4) is 0 Å². The van der Waals surface area contributed by atoms with Crippen molar-refractivity contribution in [2.24, 2.45) is 0 Å². The van der Waals surface area contributed by atoms with Crippen LogP contribution in [-0.4, -0.2) is 25.9 Å². The van der Waals surface area contributed by atoms with Gasteiger partial charge in [0.05, 0.1) is 0 Å². The van der Waals surface area contributed by atoms with E-state index in [0.29, 0.717) is 0 Å². The molecule has 0 amide bonds. The summed E-state index contributed by atoms with van der Waals surface area (Å²) in [6, 6.07) is 14.9. The van der Waals surface area contributed by atoms with E-state index >= 15 is 0 Å². The van der Waals surface area contributed by atoms with Gasteiger partial charge in [0.1, 0.15) is 0 Å². The Morgan fingerprint density at radius 2 is 1.79 bits per heavy atom. The fraction of sp³-hybridized carbons (Fsp3) is 0.0833. The molecular weight excluding hydrogens is 286 g/mol. The van der Waals surface area contributed by atoms with Crippen LogP contribution < -0.4 is 7.35 Å². The second-order valence-electron chi connectivity index (χ2n) is 3.09. The number of hydrogen-bond acceptors (Lipinski definition) is 1. The number of benzene rings is 1. The predicted octanol–water partition coefficient (Wildman–Crippen LogP) is 1.05. The minimum absolute atomic E-state index is 0.279. The normalized spacial score (nSPS) is 10.1. The van der Waals surface area contributed by atoms with Gasteiger partial charge in [0.15, 0.2) is 0 Å². The van der Waals surface area contributed by atoms with Gasteiger partial charge < -0.3 is 0 Å². The Morgan fingerprint density at radius 3 is 2.43 bits per heavy atom. The molecule has 1 aromatic carbocycles. The third kappa shape index (κ3) is 2.57. The first-order chi connectivity index (χ1) is 6.84. The Labute approximate surface area is 94.3 Å². The zero-order valence-electron chi connectivity index (χ0n) is 7.97. The van der Waals surface area contributed by atoms with Gasteiger partial charge in [0, 0.05) is 0 Å². The number of hydrogen-bond donors (Lipinski definition) is 0. The molecule has 2 aromatic rings. The first kappa shape index (κ1) is 9.70. The number of pyridine rings is 1. The summed E-state index contributed by atoms with van der Waals surface area (Å²) in [5.41, 5.74) is 1.23. The molecule has 0 atom stereocenters. The molecule has 0 aliphatic heterocycles. The van der Waals surface area contributed by atoms with E-state index in [0.717, 1.165) is 0 Å². The first-order valence-corrected chi connectivity index (χ1v) is 6.83. The van der Waals surface area contributed by atoms with Crippen molar-refractivity contribution >= 4 is 28.3 Å². The van der Waals surface area contributed by atoms with Crippen molar-refractivity contribution < 1.29 is 0 Å². The fourth-order valence-corrected chi connectivity index (χ4v) is 3.34. The minimum atomic E-state index is -0.279. The average molecular weight is 297 g/mol. The summed E-state index contributed by atoms with van der Waals surface area (Å²) in [5, 5.41) is 0. The Hall–Kier alpha value is -0.840. The number of rotatable bonds is 2. The van der Waals surface area contributed by atoms with Crippen molar-refractivity contribution in [3.63, 3.8) is 0 Å². The topological polar surface area (TPSA) is 12.9 Å². The zero-order valence-corrected chi connectivity index (χ0v) is 10.3. The molecule has 0 radical (unpaired) electrons. The van der Waals surface area contributed by atoms with Gasteiger partial charge in [-0.2, -0.15) is 0 Å². The van der Waals surface area contributed by atoms with Gasteiger partial charge in [-0.1, -0.05) is 0 Å². The van der Waals surface area contributed by atoms with Crippen LogP contribution in [0.3, 0.4) is 0 Å². The van der Waals surface area contributed by atoms with E-state index in [4.69, 9.17) is 0 Å². The molecule has 1 nitrogen and oxygen atoms in total. The monoisotopic (exact) mass is 299 g/mol. The van der Waals surface area contributed by atoms with Gasteiger partial charge in [0.25, 0.3) is 0 Å². The second-order valence-corrected chi connectivity index (χ2v) is 6.21. The molecule has 1 aromatic heterocycles. The van der Waals surface area contributed by atoms with Crippen LogP contribution in [0.15, 0.2) is 48.7 Å². The van der Waals surface area contributed by atoms with Crippen LogP contribution in [0.4, 0.5) is 0 Å². The standard InChI is InChI=1S/C12H11NTe/c1-10-7-8-12(13-9-10)14-11-5-3-2-4-6-11/h2-9H,1H3.